The van der Waals surface area contributed by atoms with Crippen LogP contribution in [0.1, 0.15) is 24.8 Å². The predicted octanol–water partition coefficient (Wildman–Crippen LogP) is 2.81. The van der Waals surface area contributed by atoms with Crippen LogP contribution in [0.3, 0.4) is 0 Å². The van der Waals surface area contributed by atoms with Crippen LogP contribution >= 0.6 is 0 Å². The predicted molar refractivity (Wildman–Crippen MR) is 83.3 cm³/mol. The Bertz CT molecular complexity index is 446. The number of rotatable bonds is 7. The van der Waals surface area contributed by atoms with E-state index in [9.17, 15) is 0 Å². The highest BCUT2D eigenvalue weighted by Crippen LogP contribution is 2.51. The van der Waals surface area contributed by atoms with Crippen molar-refractivity contribution in [2.75, 3.05) is 21.3 Å². The zero-order valence-electron chi connectivity index (χ0n) is 12.6. The lowest BCUT2D eigenvalue weighted by Gasteiger charge is -2.42. The summed E-state index contributed by atoms with van der Waals surface area (Å²) in [6.45, 7) is 0. The van der Waals surface area contributed by atoms with E-state index in [0.29, 0.717) is 11.0 Å². The quantitative estimate of drug-likeness (QED) is 0.571. The fraction of sp³-hybridized carbons (Fsp3) is 0.500. The second kappa shape index (κ2) is 6.84. The van der Waals surface area contributed by atoms with Crippen LogP contribution in [0.4, 0.5) is 0 Å². The highest BCUT2D eigenvalue weighted by atomic mass is 28.2. The molecule has 1 aromatic rings. The molecule has 0 saturated heterocycles. The van der Waals surface area contributed by atoms with Crippen LogP contribution in [0.15, 0.2) is 41.7 Å². The maximum absolute atomic E-state index is 5.55. The van der Waals surface area contributed by atoms with Gasteiger partial charge in [0, 0.05) is 0 Å². The Balaban J connectivity index is 2.13. The largest absolute Gasteiger partial charge is 0.500 e. The summed E-state index contributed by atoms with van der Waals surface area (Å²) in [4.78, 5) is 0. The average molecular weight is 292 g/mol. The minimum absolute atomic E-state index is 0.426. The Kier molecular flexibility index (Phi) is 5.12. The summed E-state index contributed by atoms with van der Waals surface area (Å²) in [7, 11) is 4.41. The second-order valence-corrected chi connectivity index (χ2v) is 8.01. The lowest BCUT2D eigenvalue weighted by atomic mass is 9.79. The first-order valence-electron chi connectivity index (χ1n) is 7.12. The number of methoxy groups -OCH3 is 3. The van der Waals surface area contributed by atoms with E-state index in [1.54, 1.807) is 21.3 Å². The Labute approximate surface area is 123 Å². The zero-order valence-corrected chi connectivity index (χ0v) is 14.1. The van der Waals surface area contributed by atoms with Crippen LogP contribution in [0, 0.1) is 0 Å². The first-order valence-corrected chi connectivity index (χ1v) is 8.53. The van der Waals surface area contributed by atoms with Crippen molar-refractivity contribution < 1.29 is 14.2 Å². The van der Waals surface area contributed by atoms with E-state index >= 15 is 0 Å². The maximum atomic E-state index is 5.55. The summed E-state index contributed by atoms with van der Waals surface area (Å²) in [6.07, 6.45) is 5.06. The molecule has 1 aromatic carbocycles. The minimum atomic E-state index is -0.576. The first kappa shape index (κ1) is 15.0. The van der Waals surface area contributed by atoms with E-state index in [4.69, 9.17) is 14.2 Å². The van der Waals surface area contributed by atoms with Crippen molar-refractivity contribution in [3.8, 4) is 0 Å². The molecular weight excluding hydrogens is 268 g/mol. The monoisotopic (exact) mass is 292 g/mol. The van der Waals surface area contributed by atoms with Gasteiger partial charge in [-0.15, -0.1) is 0 Å². The third-order valence-corrected chi connectivity index (χ3v) is 6.82. The summed E-state index contributed by atoms with van der Waals surface area (Å²) in [5.41, 5.74) is 1.42. The van der Waals surface area contributed by atoms with Crippen LogP contribution in [0.25, 0.3) is 0 Å². The normalized spacial score (nSPS) is 16.6. The van der Waals surface area contributed by atoms with Crippen LogP contribution in [-0.2, 0) is 20.6 Å². The van der Waals surface area contributed by atoms with Crippen molar-refractivity contribution in [3.63, 3.8) is 0 Å². The summed E-state index contributed by atoms with van der Waals surface area (Å²) in [5, 5.41) is 1.38. The van der Waals surface area contributed by atoms with Gasteiger partial charge in [0.15, 0.2) is 0 Å². The third kappa shape index (κ3) is 3.36. The molecule has 1 fully saturated rings. The van der Waals surface area contributed by atoms with Gasteiger partial charge in [-0.3, -0.25) is 0 Å². The van der Waals surface area contributed by atoms with E-state index in [1.807, 2.05) is 0 Å². The van der Waals surface area contributed by atoms with Crippen molar-refractivity contribution in [2.24, 2.45) is 0 Å². The second-order valence-electron chi connectivity index (χ2n) is 5.52. The molecule has 20 heavy (non-hydrogen) atoms. The van der Waals surface area contributed by atoms with Gasteiger partial charge in [0.2, 0.25) is 0 Å². The van der Waals surface area contributed by atoms with Crippen molar-refractivity contribution >= 4 is 9.52 Å². The van der Waals surface area contributed by atoms with Crippen LogP contribution in [0.5, 0.6) is 0 Å². The van der Waals surface area contributed by atoms with Crippen molar-refractivity contribution in [1.82, 2.24) is 0 Å². The van der Waals surface area contributed by atoms with E-state index in [1.165, 1.54) is 24.8 Å². The van der Waals surface area contributed by atoms with Crippen LogP contribution in [-0.4, -0.2) is 30.8 Å². The molecule has 110 valence electrons. The molecular formula is C16H24O3Si. The highest BCUT2D eigenvalue weighted by Gasteiger charge is 2.39. The molecule has 0 amide bonds. The Morgan fingerprint density at radius 1 is 1.05 bits per heavy atom. The molecule has 1 aliphatic carbocycles. The van der Waals surface area contributed by atoms with Gasteiger partial charge >= 0.3 is 5.95 Å². The van der Waals surface area contributed by atoms with Gasteiger partial charge in [-0.2, -0.15) is 0 Å². The number of hydrogen-bond donors (Lipinski definition) is 0. The number of benzene rings is 1. The van der Waals surface area contributed by atoms with E-state index in [0.717, 1.165) is 11.8 Å². The molecule has 0 atom stereocenters. The van der Waals surface area contributed by atoms with Gasteiger partial charge in [0.1, 0.15) is 14.9 Å². The summed E-state index contributed by atoms with van der Waals surface area (Å²) in [5.74, 6) is 0.554. The molecule has 0 radical (unpaired) electrons. The standard InChI is InChI=1S/C16H24O3Si/c1-17-14(18-2)15(19-3)20-16(10-7-11-16)12-13-8-5-4-6-9-13/h4-6,8-9H,7,10-12,20H2,1-3H3. The SMILES string of the molecule is COC(OC)=C(OC)[SiH2]C1(Cc2ccccc2)CCC1. The first-order chi connectivity index (χ1) is 9.73. The number of hydrogen-bond acceptors (Lipinski definition) is 3. The van der Waals surface area contributed by atoms with Gasteiger partial charge in [0.25, 0.3) is 0 Å². The van der Waals surface area contributed by atoms with Crippen LogP contribution in [0.2, 0.25) is 5.04 Å². The fourth-order valence-corrected chi connectivity index (χ4v) is 5.53. The summed E-state index contributed by atoms with van der Waals surface area (Å²) < 4.78 is 16.1. The third-order valence-electron chi connectivity index (χ3n) is 4.22. The fourth-order valence-electron chi connectivity index (χ4n) is 3.00. The molecule has 0 bridgehead atoms. The highest BCUT2D eigenvalue weighted by molar-refractivity contribution is 6.48. The van der Waals surface area contributed by atoms with Crippen LogP contribution < -0.4 is 0 Å². The Morgan fingerprint density at radius 2 is 1.70 bits per heavy atom. The van der Waals surface area contributed by atoms with E-state index in [2.05, 4.69) is 30.3 Å². The van der Waals surface area contributed by atoms with Gasteiger partial charge < -0.3 is 14.2 Å². The molecule has 1 saturated carbocycles. The van der Waals surface area contributed by atoms with Gasteiger partial charge in [-0.1, -0.05) is 36.8 Å². The lowest BCUT2D eigenvalue weighted by molar-refractivity contribution is 0.0747. The average Bonchev–Trinajstić information content (AvgIpc) is 2.45. The van der Waals surface area contributed by atoms with E-state index in [-0.39, 0.29) is 0 Å². The molecule has 1 aliphatic rings. The molecule has 0 aromatic heterocycles. The van der Waals surface area contributed by atoms with E-state index < -0.39 is 9.52 Å². The topological polar surface area (TPSA) is 27.7 Å². The smallest absolute Gasteiger partial charge is 0.312 e. The molecule has 0 aliphatic heterocycles. The van der Waals surface area contributed by atoms with Gasteiger partial charge in [-0.05, 0) is 29.9 Å². The van der Waals surface area contributed by atoms with Crippen molar-refractivity contribution in [1.29, 1.82) is 0 Å². The van der Waals surface area contributed by atoms with Gasteiger partial charge in [-0.25, -0.2) is 0 Å². The Morgan fingerprint density at radius 3 is 2.15 bits per heavy atom. The summed E-state index contributed by atoms with van der Waals surface area (Å²) >= 11 is 0. The van der Waals surface area contributed by atoms with Crippen molar-refractivity contribution in [3.05, 3.63) is 47.2 Å². The molecule has 0 N–H and O–H groups in total. The molecule has 0 heterocycles. The minimum Gasteiger partial charge on any atom is -0.500 e. The number of ether oxygens (including phenoxy) is 3. The lowest BCUT2D eigenvalue weighted by Crippen LogP contribution is -2.33. The summed E-state index contributed by atoms with van der Waals surface area (Å²) in [6, 6.07) is 10.7. The maximum Gasteiger partial charge on any atom is 0.312 e. The molecule has 4 heteroatoms. The molecule has 0 unspecified atom stereocenters. The van der Waals surface area contributed by atoms with Gasteiger partial charge in [0.05, 0.1) is 21.3 Å². The Hall–Kier alpha value is -1.42. The molecule has 3 nitrogen and oxygen atoms in total. The van der Waals surface area contributed by atoms with Crippen molar-refractivity contribution in [2.45, 2.75) is 30.7 Å². The molecule has 0 spiro atoms. The zero-order chi connectivity index (χ0) is 14.4. The molecule has 2 rings (SSSR count).